The number of alkyl halides is 2. The number of hydrogen-bond acceptors (Lipinski definition) is 7. The number of hydrazine groups is 1. The van der Waals surface area contributed by atoms with Crippen molar-refractivity contribution in [3.8, 4) is 0 Å². The molecule has 0 saturated carbocycles. The van der Waals surface area contributed by atoms with Crippen molar-refractivity contribution in [1.82, 2.24) is 15.8 Å². The van der Waals surface area contributed by atoms with E-state index in [0.717, 1.165) is 11.0 Å². The largest absolute Gasteiger partial charge is 0.481 e. The minimum absolute atomic E-state index is 0.0534. The van der Waals surface area contributed by atoms with E-state index in [1.54, 1.807) is 4.90 Å². The predicted molar refractivity (Wildman–Crippen MR) is 112 cm³/mol. The van der Waals surface area contributed by atoms with Gasteiger partial charge >= 0.3 is 18.5 Å². The molecule has 2 saturated heterocycles. The van der Waals surface area contributed by atoms with Crippen LogP contribution in [-0.4, -0.2) is 85.8 Å². The minimum Gasteiger partial charge on any atom is -0.481 e. The van der Waals surface area contributed by atoms with Crippen LogP contribution in [0.2, 0.25) is 0 Å². The van der Waals surface area contributed by atoms with Crippen LogP contribution in [-0.2, 0) is 19.1 Å². The van der Waals surface area contributed by atoms with Crippen molar-refractivity contribution in [2.75, 3.05) is 49.1 Å². The summed E-state index contributed by atoms with van der Waals surface area (Å²) in [5.74, 6) is -3.53. The molecule has 34 heavy (non-hydrogen) atoms. The molecule has 186 valence electrons. The van der Waals surface area contributed by atoms with E-state index in [1.807, 2.05) is 5.32 Å². The maximum absolute atomic E-state index is 14.9. The number of carboxylic acid groups (broad SMARTS) is 1. The number of aliphatic carboxylic acids is 1. The summed E-state index contributed by atoms with van der Waals surface area (Å²) in [5.41, 5.74) is 3.35. The van der Waals surface area contributed by atoms with Crippen LogP contribution in [0.5, 0.6) is 0 Å². The molecule has 0 spiro atoms. The smallest absolute Gasteiger partial charge is 0.414 e. The molecule has 11 nitrogen and oxygen atoms in total. The van der Waals surface area contributed by atoms with E-state index >= 15 is 0 Å². The van der Waals surface area contributed by atoms with Crippen LogP contribution in [0.25, 0.3) is 0 Å². The van der Waals surface area contributed by atoms with E-state index in [2.05, 4.69) is 5.43 Å². The van der Waals surface area contributed by atoms with Gasteiger partial charge in [-0.15, -0.1) is 0 Å². The zero-order valence-corrected chi connectivity index (χ0v) is 18.0. The Labute approximate surface area is 192 Å². The monoisotopic (exact) mass is 487 g/mol. The fourth-order valence-corrected chi connectivity index (χ4v) is 3.58. The summed E-state index contributed by atoms with van der Waals surface area (Å²) in [6, 6.07) is 4.13. The third-order valence-electron chi connectivity index (χ3n) is 5.29. The van der Waals surface area contributed by atoms with Crippen LogP contribution in [0, 0.1) is 5.82 Å². The van der Waals surface area contributed by atoms with Crippen molar-refractivity contribution in [3.63, 3.8) is 0 Å². The quantitative estimate of drug-likeness (QED) is 0.485. The van der Waals surface area contributed by atoms with Gasteiger partial charge in [-0.1, -0.05) is 0 Å². The molecule has 1 atom stereocenters. The zero-order chi connectivity index (χ0) is 24.8. The Morgan fingerprint density at radius 1 is 1.21 bits per heavy atom. The van der Waals surface area contributed by atoms with Crippen LogP contribution in [0.3, 0.4) is 0 Å². The number of nitrogens with one attached hydrogen (secondary N) is 2. The number of carbonyl (C=O) groups is 4. The molecule has 1 aromatic rings. The van der Waals surface area contributed by atoms with Crippen LogP contribution < -0.4 is 20.5 Å². The van der Waals surface area contributed by atoms with E-state index in [-0.39, 0.29) is 49.8 Å². The van der Waals surface area contributed by atoms with Gasteiger partial charge in [-0.05, 0) is 18.2 Å². The summed E-state index contributed by atoms with van der Waals surface area (Å²) in [6.45, 7) is 0.849. The van der Waals surface area contributed by atoms with Gasteiger partial charge in [0.05, 0.1) is 37.4 Å². The van der Waals surface area contributed by atoms with Gasteiger partial charge in [0.1, 0.15) is 11.9 Å². The van der Waals surface area contributed by atoms with Crippen molar-refractivity contribution in [3.05, 3.63) is 24.0 Å². The molecule has 3 N–H and O–H groups in total. The van der Waals surface area contributed by atoms with Crippen molar-refractivity contribution in [2.24, 2.45) is 0 Å². The summed E-state index contributed by atoms with van der Waals surface area (Å²) in [6.07, 6.45) is -5.27. The van der Waals surface area contributed by atoms with Crippen molar-refractivity contribution in [1.29, 1.82) is 0 Å². The van der Waals surface area contributed by atoms with E-state index in [4.69, 9.17) is 9.84 Å². The maximum atomic E-state index is 14.9. The molecule has 2 heterocycles. The van der Waals surface area contributed by atoms with Crippen molar-refractivity contribution < 1.29 is 42.2 Å². The van der Waals surface area contributed by atoms with Gasteiger partial charge in [-0.25, -0.2) is 14.6 Å². The number of carbonyl (C=O) groups excluding carboxylic acids is 3. The number of rotatable bonds is 8. The van der Waals surface area contributed by atoms with Crippen molar-refractivity contribution >= 4 is 35.3 Å². The molecular formula is C20H24F3N5O6. The number of ether oxygens (including phenoxy) is 1. The van der Waals surface area contributed by atoms with Gasteiger partial charge in [0.25, 0.3) is 5.91 Å². The van der Waals surface area contributed by atoms with Crippen molar-refractivity contribution in [2.45, 2.75) is 25.4 Å². The Bertz CT molecular complexity index is 949. The second-order valence-electron chi connectivity index (χ2n) is 7.63. The first-order valence-corrected chi connectivity index (χ1v) is 10.5. The van der Waals surface area contributed by atoms with Gasteiger partial charge < -0.3 is 20.1 Å². The highest BCUT2D eigenvalue weighted by Crippen LogP contribution is 2.28. The lowest BCUT2D eigenvalue weighted by Gasteiger charge is -2.24. The molecule has 2 aliphatic heterocycles. The first-order chi connectivity index (χ1) is 16.2. The molecule has 3 rings (SSSR count). The second-order valence-corrected chi connectivity index (χ2v) is 7.63. The fourth-order valence-electron chi connectivity index (χ4n) is 3.58. The predicted octanol–water partition coefficient (Wildman–Crippen LogP) is 0.550. The fraction of sp³-hybridized carbons (Fsp3) is 0.500. The number of anilines is 2. The molecule has 0 unspecified atom stereocenters. The molecule has 3 amide bonds. The van der Waals surface area contributed by atoms with E-state index in [1.165, 1.54) is 17.1 Å². The molecule has 14 heteroatoms. The third-order valence-corrected chi connectivity index (χ3v) is 5.29. The molecule has 0 aromatic heterocycles. The SMILES string of the molecule is O=C(O)CCC(=O)N1CCN(c2ccc(N3C[C@H](CNC(=O)C(F)F)OC3=O)cc2F)CCN1. The van der Waals surface area contributed by atoms with Crippen LogP contribution in [0.1, 0.15) is 12.8 Å². The number of nitrogens with zero attached hydrogens (tertiary/aromatic N) is 3. The maximum Gasteiger partial charge on any atom is 0.414 e. The lowest BCUT2D eigenvalue weighted by atomic mass is 10.2. The third kappa shape index (κ3) is 6.27. The standard InChI is InChI=1S/C20H24F3N5O6/c21-14-9-12(27-11-13(34-20(27)33)10-24-19(32)18(22)23)1-2-15(14)26-6-5-25-28(8-7-26)16(29)3-4-17(30)31/h1-2,9,13,18,25H,3-8,10-11H2,(H,24,32)(H,30,31)/t13-/m0/s1. The van der Waals surface area contributed by atoms with E-state index in [9.17, 15) is 32.3 Å². The first kappa shape index (κ1) is 25.1. The summed E-state index contributed by atoms with van der Waals surface area (Å²) >= 11 is 0. The van der Waals surface area contributed by atoms with Crippen LogP contribution >= 0.6 is 0 Å². The molecule has 0 bridgehead atoms. The lowest BCUT2D eigenvalue weighted by molar-refractivity contribution is -0.141. The second kappa shape index (κ2) is 11.0. The summed E-state index contributed by atoms with van der Waals surface area (Å²) in [5, 5.41) is 12.0. The number of hydrogen-bond donors (Lipinski definition) is 3. The zero-order valence-electron chi connectivity index (χ0n) is 18.0. The molecular weight excluding hydrogens is 463 g/mol. The molecule has 2 fully saturated rings. The normalized spacial score (nSPS) is 18.6. The minimum atomic E-state index is -3.18. The number of amides is 3. The highest BCUT2D eigenvalue weighted by atomic mass is 19.3. The highest BCUT2D eigenvalue weighted by Gasteiger charge is 2.33. The molecule has 2 aliphatic rings. The van der Waals surface area contributed by atoms with E-state index in [0.29, 0.717) is 19.6 Å². The molecule has 1 aromatic carbocycles. The van der Waals surface area contributed by atoms with Gasteiger partial charge in [-0.2, -0.15) is 8.78 Å². The number of benzene rings is 1. The van der Waals surface area contributed by atoms with Gasteiger partial charge in [0, 0.05) is 26.1 Å². The summed E-state index contributed by atoms with van der Waals surface area (Å²) in [4.78, 5) is 48.8. The van der Waals surface area contributed by atoms with Crippen LogP contribution in [0.15, 0.2) is 18.2 Å². The molecule has 0 aliphatic carbocycles. The van der Waals surface area contributed by atoms with Gasteiger partial charge in [0.15, 0.2) is 0 Å². The Morgan fingerprint density at radius 2 is 1.97 bits per heavy atom. The lowest BCUT2D eigenvalue weighted by Crippen LogP contribution is -2.43. The first-order valence-electron chi connectivity index (χ1n) is 10.5. The highest BCUT2D eigenvalue weighted by molar-refractivity contribution is 5.90. The number of cyclic esters (lactones) is 1. The van der Waals surface area contributed by atoms with Crippen LogP contribution in [0.4, 0.5) is 29.3 Å². The Hall–Kier alpha value is -3.55. The number of carboxylic acids is 1. The summed E-state index contributed by atoms with van der Waals surface area (Å²) < 4.78 is 44.5. The van der Waals surface area contributed by atoms with E-state index < -0.39 is 36.3 Å². The Balaban J connectivity index is 1.59. The Morgan fingerprint density at radius 3 is 2.65 bits per heavy atom. The Kier molecular flexibility index (Phi) is 8.15. The van der Waals surface area contributed by atoms with Gasteiger partial charge in [-0.3, -0.25) is 24.3 Å². The summed E-state index contributed by atoms with van der Waals surface area (Å²) in [7, 11) is 0. The average Bonchev–Trinajstić information content (AvgIpc) is 3.00. The number of halogens is 3. The van der Waals surface area contributed by atoms with Gasteiger partial charge in [0.2, 0.25) is 5.91 Å². The molecule has 0 radical (unpaired) electrons. The topological polar surface area (TPSA) is 132 Å². The average molecular weight is 487 g/mol.